The van der Waals surface area contributed by atoms with Crippen LogP contribution >= 0.6 is 0 Å². The Morgan fingerprint density at radius 3 is 2.49 bits per heavy atom. The Morgan fingerprint density at radius 1 is 1.09 bits per heavy atom. The van der Waals surface area contributed by atoms with E-state index in [-0.39, 0.29) is 30.4 Å². The Labute approximate surface area is 208 Å². The summed E-state index contributed by atoms with van der Waals surface area (Å²) in [5, 5.41) is 6.08. The van der Waals surface area contributed by atoms with E-state index in [1.54, 1.807) is 12.0 Å². The zero-order chi connectivity index (χ0) is 24.7. The van der Waals surface area contributed by atoms with E-state index >= 15 is 0 Å². The number of hydrogen-bond donors (Lipinski definition) is 2. The molecule has 0 radical (unpaired) electrons. The van der Waals surface area contributed by atoms with Gasteiger partial charge in [0, 0.05) is 45.1 Å². The molecule has 3 aliphatic rings. The van der Waals surface area contributed by atoms with Gasteiger partial charge in [0.2, 0.25) is 5.91 Å². The largest absolute Gasteiger partial charge is 0.385 e. The van der Waals surface area contributed by atoms with Crippen LogP contribution in [0.3, 0.4) is 0 Å². The number of ether oxygens (including phenoxy) is 1. The van der Waals surface area contributed by atoms with Gasteiger partial charge in [0.1, 0.15) is 12.1 Å². The van der Waals surface area contributed by atoms with Crippen LogP contribution in [-0.4, -0.2) is 85.8 Å². The molecule has 2 heterocycles. The Kier molecular flexibility index (Phi) is 8.49. The molecule has 4 rings (SSSR count). The number of piperidine rings is 1. The van der Waals surface area contributed by atoms with Crippen LogP contribution in [0, 0.1) is 0 Å². The maximum absolute atomic E-state index is 13.7. The van der Waals surface area contributed by atoms with Crippen molar-refractivity contribution in [2.75, 3.05) is 51.5 Å². The van der Waals surface area contributed by atoms with Gasteiger partial charge in [-0.2, -0.15) is 0 Å². The summed E-state index contributed by atoms with van der Waals surface area (Å²) in [6.07, 6.45) is 7.51. The molecule has 9 nitrogen and oxygen atoms in total. The summed E-state index contributed by atoms with van der Waals surface area (Å²) in [5.74, 6) is -0.190. The molecule has 0 aromatic heterocycles. The van der Waals surface area contributed by atoms with Crippen LogP contribution in [-0.2, 0) is 14.3 Å². The summed E-state index contributed by atoms with van der Waals surface area (Å²) in [6.45, 7) is 2.53. The molecule has 2 saturated heterocycles. The highest BCUT2D eigenvalue weighted by atomic mass is 16.5. The quantitative estimate of drug-likeness (QED) is 0.551. The van der Waals surface area contributed by atoms with Crippen LogP contribution in [0.2, 0.25) is 0 Å². The molecule has 0 bridgehead atoms. The molecule has 35 heavy (non-hydrogen) atoms. The molecule has 4 amide bonds. The first kappa shape index (κ1) is 25.3. The maximum Gasteiger partial charge on any atom is 0.317 e. The minimum Gasteiger partial charge on any atom is -0.385 e. The molecule has 1 spiro atoms. The topological polar surface area (TPSA) is 94.2 Å². The van der Waals surface area contributed by atoms with Crippen molar-refractivity contribution in [3.8, 4) is 0 Å². The lowest BCUT2D eigenvalue weighted by Crippen LogP contribution is -2.59. The van der Waals surface area contributed by atoms with Crippen LogP contribution < -0.4 is 15.5 Å². The van der Waals surface area contributed by atoms with E-state index in [0.717, 1.165) is 24.9 Å². The molecule has 1 saturated carbocycles. The summed E-state index contributed by atoms with van der Waals surface area (Å²) in [5.41, 5.74) is 0.225. The third kappa shape index (κ3) is 5.89. The normalized spacial score (nSPS) is 20.4. The molecule has 2 aliphatic heterocycles. The highest BCUT2D eigenvalue weighted by Crippen LogP contribution is 2.39. The standard InChI is InChI=1S/C26H39N5O4/c1-35-18-8-15-27-23(32)19-30-20-31(22-11-6-3-7-12-22)26(24(30)33)13-16-29(17-14-26)25(34)28-21-9-4-2-5-10-21/h3,6-7,11-12,21H,2,4-5,8-10,13-20H2,1H3,(H,27,32)(H,28,34). The number of carbonyl (C=O) groups is 3. The minimum absolute atomic E-state index is 0.0178. The van der Waals surface area contributed by atoms with Gasteiger partial charge < -0.3 is 30.1 Å². The van der Waals surface area contributed by atoms with Gasteiger partial charge in [0.25, 0.3) is 5.91 Å². The van der Waals surface area contributed by atoms with Crippen LogP contribution in [0.5, 0.6) is 0 Å². The lowest BCUT2D eigenvalue weighted by molar-refractivity contribution is -0.137. The molecule has 1 aromatic carbocycles. The smallest absolute Gasteiger partial charge is 0.317 e. The fourth-order valence-electron chi connectivity index (χ4n) is 5.59. The summed E-state index contributed by atoms with van der Waals surface area (Å²) >= 11 is 0. The molecular formula is C26H39N5O4. The molecule has 3 fully saturated rings. The fraction of sp³-hybridized carbons (Fsp3) is 0.654. The minimum atomic E-state index is -0.737. The summed E-state index contributed by atoms with van der Waals surface area (Å²) in [7, 11) is 1.63. The zero-order valence-corrected chi connectivity index (χ0v) is 20.8. The third-order valence-electron chi connectivity index (χ3n) is 7.57. The van der Waals surface area contributed by atoms with Crippen molar-refractivity contribution in [1.82, 2.24) is 20.4 Å². The number of carbonyl (C=O) groups excluding carboxylic acids is 3. The van der Waals surface area contributed by atoms with Crippen molar-refractivity contribution in [3.05, 3.63) is 30.3 Å². The Morgan fingerprint density at radius 2 is 1.80 bits per heavy atom. The van der Waals surface area contributed by atoms with Crippen molar-refractivity contribution < 1.29 is 19.1 Å². The van der Waals surface area contributed by atoms with E-state index in [0.29, 0.717) is 45.8 Å². The molecule has 0 unspecified atom stereocenters. The number of hydrogen-bond acceptors (Lipinski definition) is 5. The van der Waals surface area contributed by atoms with Gasteiger partial charge in [-0.15, -0.1) is 0 Å². The first-order valence-corrected chi connectivity index (χ1v) is 13.0. The van der Waals surface area contributed by atoms with Gasteiger partial charge in [-0.1, -0.05) is 37.5 Å². The van der Waals surface area contributed by atoms with Gasteiger partial charge >= 0.3 is 6.03 Å². The molecule has 1 aliphatic carbocycles. The van der Waals surface area contributed by atoms with E-state index in [9.17, 15) is 14.4 Å². The second kappa shape index (κ2) is 11.7. The van der Waals surface area contributed by atoms with E-state index in [1.165, 1.54) is 19.3 Å². The Hall–Kier alpha value is -2.81. The lowest BCUT2D eigenvalue weighted by atomic mass is 9.85. The van der Waals surface area contributed by atoms with Crippen LogP contribution in [0.25, 0.3) is 0 Å². The number of rotatable bonds is 8. The van der Waals surface area contributed by atoms with Crippen molar-refractivity contribution in [2.24, 2.45) is 0 Å². The summed E-state index contributed by atoms with van der Waals surface area (Å²) in [6, 6.07) is 10.1. The second-order valence-electron chi connectivity index (χ2n) is 9.91. The van der Waals surface area contributed by atoms with Gasteiger partial charge in [0.05, 0.1) is 6.67 Å². The van der Waals surface area contributed by atoms with E-state index < -0.39 is 5.54 Å². The number of benzene rings is 1. The van der Waals surface area contributed by atoms with Gasteiger partial charge in [0.15, 0.2) is 0 Å². The van der Waals surface area contributed by atoms with Crippen molar-refractivity contribution in [3.63, 3.8) is 0 Å². The van der Waals surface area contributed by atoms with Crippen LogP contribution in [0.4, 0.5) is 10.5 Å². The predicted octanol–water partition coefficient (Wildman–Crippen LogP) is 2.32. The lowest BCUT2D eigenvalue weighted by Gasteiger charge is -2.43. The molecule has 2 N–H and O–H groups in total. The maximum atomic E-state index is 13.7. The van der Waals surface area contributed by atoms with Crippen molar-refractivity contribution in [1.29, 1.82) is 0 Å². The first-order valence-electron chi connectivity index (χ1n) is 13.0. The monoisotopic (exact) mass is 485 g/mol. The highest BCUT2D eigenvalue weighted by molar-refractivity contribution is 5.96. The zero-order valence-electron chi connectivity index (χ0n) is 20.8. The molecule has 9 heteroatoms. The SMILES string of the molecule is COCCCNC(=O)CN1CN(c2ccccc2)C2(CCN(C(=O)NC3CCCCC3)CC2)C1=O. The number of likely N-dealkylation sites (tertiary alicyclic amines) is 1. The average Bonchev–Trinajstić information content (AvgIpc) is 3.14. The first-order chi connectivity index (χ1) is 17.0. The number of anilines is 1. The van der Waals surface area contributed by atoms with E-state index in [2.05, 4.69) is 15.5 Å². The number of urea groups is 1. The number of methoxy groups -OCH3 is 1. The van der Waals surface area contributed by atoms with E-state index in [1.807, 2.05) is 35.2 Å². The second-order valence-corrected chi connectivity index (χ2v) is 9.91. The fourth-order valence-corrected chi connectivity index (χ4v) is 5.59. The highest BCUT2D eigenvalue weighted by Gasteiger charge is 2.54. The third-order valence-corrected chi connectivity index (χ3v) is 7.57. The van der Waals surface area contributed by atoms with E-state index in [4.69, 9.17) is 4.74 Å². The van der Waals surface area contributed by atoms with Crippen molar-refractivity contribution >= 4 is 23.5 Å². The van der Waals surface area contributed by atoms with Gasteiger partial charge in [-0.25, -0.2) is 4.79 Å². The number of para-hydroxylation sites is 1. The number of nitrogens with zero attached hydrogens (tertiary/aromatic N) is 3. The summed E-state index contributed by atoms with van der Waals surface area (Å²) in [4.78, 5) is 44.8. The molecule has 192 valence electrons. The average molecular weight is 486 g/mol. The van der Waals surface area contributed by atoms with Crippen molar-refractivity contribution in [2.45, 2.75) is 62.9 Å². The number of nitrogens with one attached hydrogen (secondary N) is 2. The predicted molar refractivity (Wildman–Crippen MR) is 134 cm³/mol. The Bertz CT molecular complexity index is 866. The van der Waals surface area contributed by atoms with Gasteiger partial charge in [-0.3, -0.25) is 9.59 Å². The van der Waals surface area contributed by atoms with Gasteiger partial charge in [-0.05, 0) is 44.2 Å². The van der Waals surface area contributed by atoms with Crippen LogP contribution in [0.15, 0.2) is 30.3 Å². The van der Waals surface area contributed by atoms with Crippen LogP contribution in [0.1, 0.15) is 51.4 Å². The molecular weight excluding hydrogens is 446 g/mol. The Balaban J connectivity index is 1.41. The number of amides is 4. The summed E-state index contributed by atoms with van der Waals surface area (Å²) < 4.78 is 5.03. The molecule has 1 aromatic rings. The molecule has 0 atom stereocenters.